The molecule has 0 bridgehead atoms. The summed E-state index contributed by atoms with van der Waals surface area (Å²) in [7, 11) is 0. The van der Waals surface area contributed by atoms with Crippen LogP contribution in [0.5, 0.6) is 0 Å². The molecule has 3 amide bonds. The number of nitrogens with zero attached hydrogens (tertiary/aromatic N) is 1. The minimum atomic E-state index is -1.38. The maximum Gasteiger partial charge on any atom is 0.330 e. The van der Waals surface area contributed by atoms with Crippen LogP contribution in [0.1, 0.15) is 23.6 Å². The molecule has 4 aromatic rings. The van der Waals surface area contributed by atoms with Gasteiger partial charge in [-0.05, 0) is 35.7 Å². The number of rotatable bonds is 8. The van der Waals surface area contributed by atoms with Crippen LogP contribution >= 0.6 is 0 Å². The van der Waals surface area contributed by atoms with Gasteiger partial charge >= 0.3 is 12.0 Å². The molecule has 1 N–H and O–H groups in total. The lowest BCUT2D eigenvalue weighted by molar-refractivity contribution is -0.137. The standard InChI is InChI=1S/C32H28N2O4/c1-2-38-30(36)24-23-29(35)34(31(37)33-28-21-13-6-14-22-28)32(25-15-7-3-8-16-25,26-17-9-4-10-18-26)27-19-11-5-12-20-27/h3-24H,2H2,1H3,(H,33,37)/b24-23+. The first-order valence-electron chi connectivity index (χ1n) is 12.3. The first kappa shape index (κ1) is 26.1. The molecule has 0 radical (unpaired) electrons. The largest absolute Gasteiger partial charge is 0.463 e. The summed E-state index contributed by atoms with van der Waals surface area (Å²) in [6.07, 6.45) is 2.12. The van der Waals surface area contributed by atoms with Crippen LogP contribution in [0.4, 0.5) is 10.5 Å². The van der Waals surface area contributed by atoms with Gasteiger partial charge in [0.1, 0.15) is 5.54 Å². The van der Waals surface area contributed by atoms with Crippen LogP contribution in [0.2, 0.25) is 0 Å². The lowest BCUT2D eigenvalue weighted by Crippen LogP contribution is -2.55. The maximum atomic E-state index is 14.1. The molecule has 0 aliphatic heterocycles. The topological polar surface area (TPSA) is 75.7 Å². The second kappa shape index (κ2) is 12.3. The van der Waals surface area contributed by atoms with Gasteiger partial charge in [-0.3, -0.25) is 4.79 Å². The fourth-order valence-corrected chi connectivity index (χ4v) is 4.45. The van der Waals surface area contributed by atoms with Crippen LogP contribution in [-0.4, -0.2) is 29.4 Å². The average molecular weight is 505 g/mol. The van der Waals surface area contributed by atoms with Gasteiger partial charge in [-0.25, -0.2) is 14.5 Å². The second-order valence-corrected chi connectivity index (χ2v) is 8.36. The van der Waals surface area contributed by atoms with Gasteiger partial charge in [-0.15, -0.1) is 0 Å². The van der Waals surface area contributed by atoms with E-state index in [9.17, 15) is 14.4 Å². The van der Waals surface area contributed by atoms with Crippen LogP contribution in [0.25, 0.3) is 0 Å². The van der Waals surface area contributed by atoms with E-state index < -0.39 is 23.4 Å². The maximum absolute atomic E-state index is 14.1. The lowest BCUT2D eigenvalue weighted by Gasteiger charge is -2.43. The van der Waals surface area contributed by atoms with E-state index in [0.717, 1.165) is 17.1 Å². The highest BCUT2D eigenvalue weighted by atomic mass is 16.5. The molecular formula is C32H28N2O4. The SMILES string of the molecule is CCOC(=O)/C=C/C(=O)N(C(=O)Nc1ccccc1)C(c1ccccc1)(c1ccccc1)c1ccccc1. The van der Waals surface area contributed by atoms with Crippen LogP contribution in [0.15, 0.2) is 133 Å². The Balaban J connectivity index is 2.00. The zero-order valence-corrected chi connectivity index (χ0v) is 21.0. The Bertz CT molecular complexity index is 1290. The smallest absolute Gasteiger partial charge is 0.330 e. The Hall–Kier alpha value is -4.97. The summed E-state index contributed by atoms with van der Waals surface area (Å²) >= 11 is 0. The van der Waals surface area contributed by atoms with E-state index in [4.69, 9.17) is 4.74 Å². The molecule has 0 aliphatic rings. The molecule has 0 fully saturated rings. The Morgan fingerprint density at radius 1 is 0.684 bits per heavy atom. The van der Waals surface area contributed by atoms with Gasteiger partial charge in [0.05, 0.1) is 6.61 Å². The fraction of sp³-hybridized carbons (Fsp3) is 0.0938. The van der Waals surface area contributed by atoms with E-state index in [2.05, 4.69) is 5.32 Å². The highest BCUT2D eigenvalue weighted by Gasteiger charge is 2.47. The number of hydrogen-bond acceptors (Lipinski definition) is 4. The molecular weight excluding hydrogens is 476 g/mol. The van der Waals surface area contributed by atoms with Crippen molar-refractivity contribution in [3.8, 4) is 0 Å². The molecule has 0 aliphatic carbocycles. The van der Waals surface area contributed by atoms with Crippen molar-refractivity contribution in [2.45, 2.75) is 12.5 Å². The predicted octanol–water partition coefficient (Wildman–Crippen LogP) is 6.16. The van der Waals surface area contributed by atoms with E-state index >= 15 is 0 Å². The van der Waals surface area contributed by atoms with Crippen molar-refractivity contribution in [1.82, 2.24) is 4.90 Å². The van der Waals surface area contributed by atoms with Crippen LogP contribution in [0, 0.1) is 0 Å². The fourth-order valence-electron chi connectivity index (χ4n) is 4.45. The van der Waals surface area contributed by atoms with Gasteiger partial charge < -0.3 is 10.1 Å². The number of ether oxygens (including phenoxy) is 1. The van der Waals surface area contributed by atoms with Gasteiger partial charge in [0, 0.05) is 17.8 Å². The summed E-state index contributed by atoms with van der Waals surface area (Å²) in [5.41, 5.74) is 1.22. The van der Waals surface area contributed by atoms with Crippen molar-refractivity contribution in [3.05, 3.63) is 150 Å². The molecule has 4 rings (SSSR count). The summed E-state index contributed by atoms with van der Waals surface area (Å²) in [6.45, 7) is 1.84. The number of esters is 1. The summed E-state index contributed by atoms with van der Waals surface area (Å²) in [4.78, 5) is 41.4. The molecule has 0 saturated carbocycles. The van der Waals surface area contributed by atoms with E-state index in [1.165, 1.54) is 0 Å². The molecule has 6 heteroatoms. The summed E-state index contributed by atoms with van der Waals surface area (Å²) < 4.78 is 4.97. The van der Waals surface area contributed by atoms with Crippen molar-refractivity contribution in [3.63, 3.8) is 0 Å². The van der Waals surface area contributed by atoms with Gasteiger partial charge in [0.2, 0.25) is 0 Å². The van der Waals surface area contributed by atoms with Crippen LogP contribution in [-0.2, 0) is 19.9 Å². The Morgan fingerprint density at radius 3 is 1.53 bits per heavy atom. The van der Waals surface area contributed by atoms with Gasteiger partial charge in [-0.1, -0.05) is 109 Å². The first-order chi connectivity index (χ1) is 18.6. The molecule has 0 unspecified atom stereocenters. The molecule has 190 valence electrons. The summed E-state index contributed by atoms with van der Waals surface area (Å²) in [6, 6.07) is 36.3. The van der Waals surface area contributed by atoms with Crippen molar-refractivity contribution in [1.29, 1.82) is 0 Å². The monoisotopic (exact) mass is 504 g/mol. The molecule has 4 aromatic carbocycles. The molecule has 0 heterocycles. The van der Waals surface area contributed by atoms with Gasteiger partial charge in [0.15, 0.2) is 0 Å². The highest BCUT2D eigenvalue weighted by Crippen LogP contribution is 2.43. The molecule has 6 nitrogen and oxygen atoms in total. The number of carbonyl (C=O) groups is 3. The third kappa shape index (κ3) is 5.55. The Kier molecular flexibility index (Phi) is 8.46. The quantitative estimate of drug-likeness (QED) is 0.177. The third-order valence-corrected chi connectivity index (χ3v) is 6.01. The number of imide groups is 1. The number of nitrogens with one attached hydrogen (secondary N) is 1. The zero-order valence-electron chi connectivity index (χ0n) is 21.0. The Labute approximate surface area is 222 Å². The second-order valence-electron chi connectivity index (χ2n) is 8.36. The van der Waals surface area contributed by atoms with E-state index in [-0.39, 0.29) is 6.61 Å². The number of urea groups is 1. The summed E-state index contributed by atoms with van der Waals surface area (Å²) in [5, 5.41) is 2.87. The van der Waals surface area contributed by atoms with Crippen molar-refractivity contribution in [2.24, 2.45) is 0 Å². The van der Waals surface area contributed by atoms with Crippen molar-refractivity contribution in [2.75, 3.05) is 11.9 Å². The van der Waals surface area contributed by atoms with Gasteiger partial charge in [-0.2, -0.15) is 0 Å². The van der Waals surface area contributed by atoms with E-state index in [1.807, 2.05) is 97.1 Å². The molecule has 0 spiro atoms. The normalized spacial score (nSPS) is 11.1. The molecule has 0 atom stereocenters. The van der Waals surface area contributed by atoms with E-state index in [1.54, 1.807) is 31.2 Å². The highest BCUT2D eigenvalue weighted by molar-refractivity contribution is 6.08. The van der Waals surface area contributed by atoms with E-state index in [0.29, 0.717) is 22.4 Å². The Morgan fingerprint density at radius 2 is 1.11 bits per heavy atom. The average Bonchev–Trinajstić information content (AvgIpc) is 2.96. The minimum Gasteiger partial charge on any atom is -0.463 e. The number of anilines is 1. The number of amides is 3. The number of para-hydroxylation sites is 1. The zero-order chi connectivity index (χ0) is 26.8. The van der Waals surface area contributed by atoms with Gasteiger partial charge in [0.25, 0.3) is 5.91 Å². The number of benzene rings is 4. The predicted molar refractivity (Wildman–Crippen MR) is 147 cm³/mol. The lowest BCUT2D eigenvalue weighted by atomic mass is 9.75. The molecule has 38 heavy (non-hydrogen) atoms. The summed E-state index contributed by atoms with van der Waals surface area (Å²) in [5.74, 6) is -1.36. The first-order valence-corrected chi connectivity index (χ1v) is 12.3. The minimum absolute atomic E-state index is 0.164. The van der Waals surface area contributed by atoms with Crippen LogP contribution in [0.3, 0.4) is 0 Å². The van der Waals surface area contributed by atoms with Crippen molar-refractivity contribution >= 4 is 23.6 Å². The van der Waals surface area contributed by atoms with Crippen molar-refractivity contribution < 1.29 is 19.1 Å². The number of hydrogen-bond donors (Lipinski definition) is 1. The molecule has 0 aromatic heterocycles. The third-order valence-electron chi connectivity index (χ3n) is 6.01. The van der Waals surface area contributed by atoms with Crippen LogP contribution < -0.4 is 5.32 Å². The number of carbonyl (C=O) groups excluding carboxylic acids is 3. The molecule has 0 saturated heterocycles.